The van der Waals surface area contributed by atoms with E-state index in [2.05, 4.69) is 5.32 Å². The maximum absolute atomic E-state index is 11.0. The number of nitrogens with one attached hydrogen (secondary N) is 1. The van der Waals surface area contributed by atoms with Crippen LogP contribution in [0, 0.1) is 10.1 Å². The molecular weight excluding hydrogens is 268 g/mol. The predicted molar refractivity (Wildman–Crippen MR) is 76.2 cm³/mol. The Morgan fingerprint density at radius 2 is 2.21 bits per heavy atom. The van der Waals surface area contributed by atoms with E-state index in [1.165, 1.54) is 18.2 Å². The highest BCUT2D eigenvalue weighted by molar-refractivity contribution is 7.98. The predicted octanol–water partition coefficient (Wildman–Crippen LogP) is 2.85. The van der Waals surface area contributed by atoms with Crippen molar-refractivity contribution >= 4 is 29.1 Å². The molecule has 2 N–H and O–H groups in total. The Hall–Kier alpha value is -1.76. The number of thioether (sulfide) groups is 1. The number of carbonyl (C=O) groups is 1. The summed E-state index contributed by atoms with van der Waals surface area (Å²) in [5.74, 6) is -0.208. The zero-order valence-corrected chi connectivity index (χ0v) is 11.4. The monoisotopic (exact) mass is 284 g/mol. The minimum Gasteiger partial charge on any atom is -0.477 e. The number of carboxylic acid groups (broad SMARTS) is 1. The maximum Gasteiger partial charge on any atom is 0.342 e. The molecule has 0 aromatic heterocycles. The summed E-state index contributed by atoms with van der Waals surface area (Å²) in [5.41, 5.74) is -0.0910. The lowest BCUT2D eigenvalue weighted by Crippen LogP contribution is -2.06. The van der Waals surface area contributed by atoms with Gasteiger partial charge in [0.1, 0.15) is 5.56 Å². The average molecular weight is 284 g/mol. The first kappa shape index (κ1) is 15.3. The van der Waals surface area contributed by atoms with E-state index >= 15 is 0 Å². The molecule has 19 heavy (non-hydrogen) atoms. The number of rotatable bonds is 8. The lowest BCUT2D eigenvalue weighted by atomic mass is 10.1. The zero-order valence-electron chi connectivity index (χ0n) is 10.6. The summed E-state index contributed by atoms with van der Waals surface area (Å²) in [5, 5.41) is 22.7. The topological polar surface area (TPSA) is 92.5 Å². The number of aromatic carboxylic acids is 1. The van der Waals surface area contributed by atoms with Crippen molar-refractivity contribution in [1.82, 2.24) is 0 Å². The van der Waals surface area contributed by atoms with Crippen LogP contribution in [0.3, 0.4) is 0 Å². The van der Waals surface area contributed by atoms with Crippen LogP contribution in [0.25, 0.3) is 0 Å². The Labute approximate surface area is 115 Å². The summed E-state index contributed by atoms with van der Waals surface area (Å²) in [6, 6.07) is 4.04. The van der Waals surface area contributed by atoms with Gasteiger partial charge in [-0.3, -0.25) is 10.1 Å². The Morgan fingerprint density at radius 1 is 1.47 bits per heavy atom. The second-order valence-electron chi connectivity index (χ2n) is 3.92. The minimum absolute atomic E-state index is 0.292. The van der Waals surface area contributed by atoms with Gasteiger partial charge in [0.2, 0.25) is 0 Å². The molecule has 0 fully saturated rings. The molecule has 7 heteroatoms. The summed E-state index contributed by atoms with van der Waals surface area (Å²) < 4.78 is 0. The van der Waals surface area contributed by atoms with Gasteiger partial charge in [-0.05, 0) is 37.0 Å². The van der Waals surface area contributed by atoms with Gasteiger partial charge in [-0.15, -0.1) is 0 Å². The molecule has 0 amide bonds. The van der Waals surface area contributed by atoms with E-state index in [0.29, 0.717) is 5.69 Å². The maximum atomic E-state index is 11.0. The summed E-state index contributed by atoms with van der Waals surface area (Å²) in [7, 11) is 0. The number of hydrogen-bond acceptors (Lipinski definition) is 5. The third kappa shape index (κ3) is 4.78. The number of carboxylic acids is 1. The molecule has 1 aromatic rings. The van der Waals surface area contributed by atoms with E-state index in [1.54, 1.807) is 11.8 Å². The zero-order chi connectivity index (χ0) is 14.3. The molecule has 0 aliphatic rings. The van der Waals surface area contributed by atoms with Crippen molar-refractivity contribution in [2.45, 2.75) is 12.8 Å². The van der Waals surface area contributed by atoms with Gasteiger partial charge in [-0.25, -0.2) is 4.79 Å². The van der Waals surface area contributed by atoms with Crippen molar-refractivity contribution in [3.63, 3.8) is 0 Å². The van der Waals surface area contributed by atoms with Crippen molar-refractivity contribution < 1.29 is 14.8 Å². The van der Waals surface area contributed by atoms with Crippen LogP contribution in [0.2, 0.25) is 0 Å². The van der Waals surface area contributed by atoms with Crippen LogP contribution in [0.5, 0.6) is 0 Å². The van der Waals surface area contributed by atoms with Gasteiger partial charge in [-0.2, -0.15) is 11.8 Å². The highest BCUT2D eigenvalue weighted by atomic mass is 32.2. The van der Waals surface area contributed by atoms with Gasteiger partial charge in [-0.1, -0.05) is 0 Å². The van der Waals surface area contributed by atoms with E-state index in [-0.39, 0.29) is 11.3 Å². The Morgan fingerprint density at radius 3 is 2.79 bits per heavy atom. The van der Waals surface area contributed by atoms with Crippen molar-refractivity contribution in [2.24, 2.45) is 0 Å². The largest absolute Gasteiger partial charge is 0.477 e. The number of anilines is 1. The van der Waals surface area contributed by atoms with Crippen molar-refractivity contribution in [3.8, 4) is 0 Å². The fourth-order valence-corrected chi connectivity index (χ4v) is 2.07. The third-order valence-corrected chi connectivity index (χ3v) is 3.22. The fourth-order valence-electron chi connectivity index (χ4n) is 1.58. The van der Waals surface area contributed by atoms with E-state index in [0.717, 1.165) is 25.1 Å². The van der Waals surface area contributed by atoms with E-state index in [9.17, 15) is 14.9 Å². The second-order valence-corrected chi connectivity index (χ2v) is 4.91. The number of nitro groups is 1. The second kappa shape index (κ2) is 7.63. The molecule has 1 aromatic carbocycles. The minimum atomic E-state index is -1.29. The van der Waals surface area contributed by atoms with Gasteiger partial charge >= 0.3 is 5.97 Å². The average Bonchev–Trinajstić information content (AvgIpc) is 2.38. The standard InChI is InChI=1S/C12H16N2O4S/c1-19-7-3-2-6-13-9-4-5-11(14(17)18)10(8-9)12(15)16/h4-5,8,13H,2-3,6-7H2,1H3,(H,15,16). The molecule has 6 nitrogen and oxygen atoms in total. The number of nitro benzene ring substituents is 1. The molecule has 0 heterocycles. The molecule has 0 atom stereocenters. The lowest BCUT2D eigenvalue weighted by Gasteiger charge is -2.07. The number of nitrogens with zero attached hydrogens (tertiary/aromatic N) is 1. The van der Waals surface area contributed by atoms with E-state index < -0.39 is 10.9 Å². The van der Waals surface area contributed by atoms with Crippen molar-refractivity contribution in [3.05, 3.63) is 33.9 Å². The SMILES string of the molecule is CSCCCCNc1ccc([N+](=O)[O-])c(C(=O)O)c1. The number of unbranched alkanes of at least 4 members (excludes halogenated alkanes) is 1. The molecule has 0 radical (unpaired) electrons. The Kier molecular flexibility index (Phi) is 6.14. The van der Waals surface area contributed by atoms with Crippen molar-refractivity contribution in [1.29, 1.82) is 0 Å². The van der Waals surface area contributed by atoms with Crippen LogP contribution in [-0.2, 0) is 0 Å². The quantitative estimate of drug-likeness (QED) is 0.433. The highest BCUT2D eigenvalue weighted by Gasteiger charge is 2.19. The summed E-state index contributed by atoms with van der Waals surface area (Å²) in [6.07, 6.45) is 4.09. The Bertz CT molecular complexity index is 465. The molecule has 0 bridgehead atoms. The Balaban J connectivity index is 2.68. The first-order valence-electron chi connectivity index (χ1n) is 5.80. The van der Waals surface area contributed by atoms with Gasteiger partial charge in [0.15, 0.2) is 0 Å². The van der Waals surface area contributed by atoms with Crippen LogP contribution in [0.1, 0.15) is 23.2 Å². The number of hydrogen-bond donors (Lipinski definition) is 2. The smallest absolute Gasteiger partial charge is 0.342 e. The van der Waals surface area contributed by atoms with Gasteiger partial charge in [0.05, 0.1) is 4.92 Å². The summed E-state index contributed by atoms with van der Waals surface area (Å²) in [4.78, 5) is 21.0. The normalized spacial score (nSPS) is 10.2. The highest BCUT2D eigenvalue weighted by Crippen LogP contribution is 2.22. The van der Waals surface area contributed by atoms with Crippen LogP contribution < -0.4 is 5.32 Å². The van der Waals surface area contributed by atoms with Crippen LogP contribution in [-0.4, -0.2) is 34.6 Å². The van der Waals surface area contributed by atoms with E-state index in [4.69, 9.17) is 5.11 Å². The van der Waals surface area contributed by atoms with Gasteiger partial charge in [0.25, 0.3) is 5.69 Å². The molecule has 0 saturated carbocycles. The molecule has 0 aliphatic heterocycles. The van der Waals surface area contributed by atoms with Crippen LogP contribution in [0.4, 0.5) is 11.4 Å². The molecule has 0 spiro atoms. The van der Waals surface area contributed by atoms with Crippen LogP contribution in [0.15, 0.2) is 18.2 Å². The molecule has 0 saturated heterocycles. The molecule has 1 rings (SSSR count). The van der Waals surface area contributed by atoms with Gasteiger partial charge < -0.3 is 10.4 Å². The van der Waals surface area contributed by atoms with Crippen molar-refractivity contribution in [2.75, 3.05) is 23.9 Å². The molecular formula is C12H16N2O4S. The fraction of sp³-hybridized carbons (Fsp3) is 0.417. The first-order valence-corrected chi connectivity index (χ1v) is 7.20. The van der Waals surface area contributed by atoms with E-state index in [1.807, 2.05) is 6.26 Å². The molecule has 0 unspecified atom stereocenters. The lowest BCUT2D eigenvalue weighted by molar-refractivity contribution is -0.385. The summed E-state index contributed by atoms with van der Waals surface area (Å²) >= 11 is 1.78. The first-order chi connectivity index (χ1) is 9.06. The third-order valence-electron chi connectivity index (χ3n) is 2.53. The number of benzene rings is 1. The molecule has 104 valence electrons. The summed E-state index contributed by atoms with van der Waals surface area (Å²) in [6.45, 7) is 0.720. The molecule has 0 aliphatic carbocycles. The van der Waals surface area contributed by atoms with Crippen LogP contribution >= 0.6 is 11.8 Å². The van der Waals surface area contributed by atoms with Gasteiger partial charge in [0, 0.05) is 18.3 Å².